The first-order valence-electron chi connectivity index (χ1n) is 6.35. The van der Waals surface area contributed by atoms with E-state index in [1.807, 2.05) is 0 Å². The van der Waals surface area contributed by atoms with Crippen molar-refractivity contribution in [3.63, 3.8) is 0 Å². The van der Waals surface area contributed by atoms with Gasteiger partial charge >= 0.3 is 17.9 Å². The molecule has 0 radical (unpaired) electrons. The van der Waals surface area contributed by atoms with E-state index in [1.54, 1.807) is 19.1 Å². The van der Waals surface area contributed by atoms with Crippen molar-refractivity contribution in [2.24, 2.45) is 0 Å². The largest absolute Gasteiger partial charge is 0.478 e. The van der Waals surface area contributed by atoms with Crippen LogP contribution in [0.25, 0.3) is 0 Å². The fourth-order valence-corrected chi connectivity index (χ4v) is 1.51. The van der Waals surface area contributed by atoms with Crippen molar-refractivity contribution in [2.45, 2.75) is 13.3 Å². The van der Waals surface area contributed by atoms with Crippen LogP contribution in [0.4, 0.5) is 0 Å². The van der Waals surface area contributed by atoms with Crippen LogP contribution in [0.5, 0.6) is 0 Å². The van der Waals surface area contributed by atoms with E-state index in [4.69, 9.17) is 14.6 Å². The van der Waals surface area contributed by atoms with Crippen molar-refractivity contribution in [3.8, 4) is 0 Å². The molecule has 0 saturated carbocycles. The molecule has 0 unspecified atom stereocenters. The summed E-state index contributed by atoms with van der Waals surface area (Å²) in [6.45, 7) is 1.86. The summed E-state index contributed by atoms with van der Waals surface area (Å²) in [6.07, 6.45) is 3.19. The van der Waals surface area contributed by atoms with Crippen molar-refractivity contribution in [1.82, 2.24) is 0 Å². The highest BCUT2D eigenvalue weighted by atomic mass is 16.5. The highest BCUT2D eigenvalue weighted by Gasteiger charge is 2.16. The number of hydrogen-bond donors (Lipinski definition) is 1. The number of rotatable bonds is 7. The first-order chi connectivity index (χ1) is 10.1. The molecule has 0 atom stereocenters. The maximum Gasteiger partial charge on any atom is 0.339 e. The van der Waals surface area contributed by atoms with Crippen molar-refractivity contribution in [2.75, 3.05) is 13.2 Å². The Balaban J connectivity index is 2.41. The van der Waals surface area contributed by atoms with Crippen LogP contribution < -0.4 is 0 Å². The summed E-state index contributed by atoms with van der Waals surface area (Å²) in [7, 11) is 0. The average Bonchev–Trinajstić information content (AvgIpc) is 2.47. The number of ether oxygens (including phenoxy) is 2. The molecule has 0 heterocycles. The number of carbonyl (C=O) groups is 3. The first kappa shape index (κ1) is 16.4. The lowest BCUT2D eigenvalue weighted by atomic mass is 10.1. The SMILES string of the molecule is CC=CC(=O)OCCCOC(=O)c1ccccc1C(=O)O. The number of carboxylic acids is 1. The number of esters is 2. The molecule has 112 valence electrons. The molecule has 1 rings (SSSR count). The standard InChI is InChI=1S/C15H16O6/c1-2-6-13(16)20-9-5-10-21-15(19)12-8-4-3-7-11(12)14(17)18/h2-4,6-8H,5,9-10H2,1H3,(H,17,18). The van der Waals surface area contributed by atoms with Crippen LogP contribution in [0.1, 0.15) is 34.1 Å². The molecule has 0 aliphatic carbocycles. The Labute approximate surface area is 122 Å². The van der Waals surface area contributed by atoms with Gasteiger partial charge in [-0.15, -0.1) is 0 Å². The Bertz CT molecular complexity index is 547. The van der Waals surface area contributed by atoms with Crippen LogP contribution in [0.15, 0.2) is 36.4 Å². The topological polar surface area (TPSA) is 89.9 Å². The summed E-state index contributed by atoms with van der Waals surface area (Å²) in [6, 6.07) is 5.80. The van der Waals surface area contributed by atoms with Crippen LogP contribution in [-0.4, -0.2) is 36.2 Å². The summed E-state index contributed by atoms with van der Waals surface area (Å²) in [4.78, 5) is 33.7. The van der Waals surface area contributed by atoms with Crippen LogP contribution in [0, 0.1) is 0 Å². The van der Waals surface area contributed by atoms with Crippen molar-refractivity contribution in [3.05, 3.63) is 47.5 Å². The Kier molecular flexibility index (Phi) is 6.67. The van der Waals surface area contributed by atoms with Crippen LogP contribution in [-0.2, 0) is 14.3 Å². The zero-order valence-corrected chi connectivity index (χ0v) is 11.6. The smallest absolute Gasteiger partial charge is 0.339 e. The lowest BCUT2D eigenvalue weighted by Crippen LogP contribution is -2.13. The van der Waals surface area contributed by atoms with Gasteiger partial charge in [-0.25, -0.2) is 14.4 Å². The zero-order chi connectivity index (χ0) is 15.7. The van der Waals surface area contributed by atoms with E-state index in [9.17, 15) is 14.4 Å². The predicted molar refractivity (Wildman–Crippen MR) is 74.1 cm³/mol. The number of aromatic carboxylic acids is 1. The summed E-state index contributed by atoms with van der Waals surface area (Å²) in [5.41, 5.74) is -0.113. The molecule has 1 aromatic carbocycles. The van der Waals surface area contributed by atoms with E-state index in [-0.39, 0.29) is 24.3 Å². The van der Waals surface area contributed by atoms with Crippen molar-refractivity contribution < 1.29 is 29.0 Å². The third-order valence-corrected chi connectivity index (χ3v) is 2.45. The lowest BCUT2D eigenvalue weighted by molar-refractivity contribution is -0.138. The van der Waals surface area contributed by atoms with E-state index >= 15 is 0 Å². The van der Waals surface area contributed by atoms with Gasteiger partial charge in [0, 0.05) is 12.5 Å². The van der Waals surface area contributed by atoms with Gasteiger partial charge in [-0.2, -0.15) is 0 Å². The monoisotopic (exact) mass is 292 g/mol. The molecule has 6 heteroatoms. The molecule has 0 aliphatic rings. The summed E-state index contributed by atoms with van der Waals surface area (Å²) >= 11 is 0. The molecule has 1 aromatic rings. The second kappa shape index (κ2) is 8.52. The second-order valence-electron chi connectivity index (χ2n) is 4.01. The Morgan fingerprint density at radius 3 is 2.33 bits per heavy atom. The molecule has 0 aromatic heterocycles. The van der Waals surface area contributed by atoms with E-state index in [0.717, 1.165) is 0 Å². The van der Waals surface area contributed by atoms with E-state index in [1.165, 1.54) is 24.3 Å². The van der Waals surface area contributed by atoms with Gasteiger partial charge in [0.15, 0.2) is 0 Å². The molecule has 0 amide bonds. The molecule has 0 aliphatic heterocycles. The fourth-order valence-electron chi connectivity index (χ4n) is 1.51. The number of benzene rings is 1. The van der Waals surface area contributed by atoms with Crippen LogP contribution in [0.3, 0.4) is 0 Å². The molecular formula is C15H16O6. The maximum absolute atomic E-state index is 11.8. The van der Waals surface area contributed by atoms with E-state index in [2.05, 4.69) is 0 Å². The van der Waals surface area contributed by atoms with E-state index in [0.29, 0.717) is 6.42 Å². The fraction of sp³-hybridized carbons (Fsp3) is 0.267. The molecule has 0 spiro atoms. The molecular weight excluding hydrogens is 276 g/mol. The lowest BCUT2D eigenvalue weighted by Gasteiger charge is -2.07. The van der Waals surface area contributed by atoms with Gasteiger partial charge in [-0.1, -0.05) is 18.2 Å². The van der Waals surface area contributed by atoms with Gasteiger partial charge < -0.3 is 14.6 Å². The summed E-state index contributed by atoms with van der Waals surface area (Å²) in [5.74, 6) is -2.37. The van der Waals surface area contributed by atoms with Crippen molar-refractivity contribution in [1.29, 1.82) is 0 Å². The maximum atomic E-state index is 11.8. The van der Waals surface area contributed by atoms with Crippen LogP contribution >= 0.6 is 0 Å². The Morgan fingerprint density at radius 1 is 1.10 bits per heavy atom. The van der Waals surface area contributed by atoms with Gasteiger partial charge in [0.25, 0.3) is 0 Å². The van der Waals surface area contributed by atoms with E-state index < -0.39 is 17.9 Å². The Hall–Kier alpha value is -2.63. The number of hydrogen-bond acceptors (Lipinski definition) is 5. The minimum atomic E-state index is -1.19. The minimum absolute atomic E-state index is 0.00379. The highest BCUT2D eigenvalue weighted by molar-refractivity contribution is 6.02. The predicted octanol–water partition coefficient (Wildman–Crippen LogP) is 2.05. The second-order valence-corrected chi connectivity index (χ2v) is 4.01. The molecule has 0 bridgehead atoms. The van der Waals surface area contributed by atoms with Gasteiger partial charge in [0.1, 0.15) is 0 Å². The molecule has 6 nitrogen and oxygen atoms in total. The van der Waals surface area contributed by atoms with Gasteiger partial charge in [-0.3, -0.25) is 0 Å². The molecule has 1 N–H and O–H groups in total. The van der Waals surface area contributed by atoms with Crippen LogP contribution in [0.2, 0.25) is 0 Å². The number of carbonyl (C=O) groups excluding carboxylic acids is 2. The summed E-state index contributed by atoms with van der Waals surface area (Å²) in [5, 5.41) is 8.96. The minimum Gasteiger partial charge on any atom is -0.478 e. The van der Waals surface area contributed by atoms with Gasteiger partial charge in [0.2, 0.25) is 0 Å². The average molecular weight is 292 g/mol. The molecule has 0 fully saturated rings. The summed E-state index contributed by atoms with van der Waals surface area (Å²) < 4.78 is 9.77. The van der Waals surface area contributed by atoms with Crippen molar-refractivity contribution >= 4 is 17.9 Å². The Morgan fingerprint density at radius 2 is 1.71 bits per heavy atom. The number of allylic oxidation sites excluding steroid dienone is 1. The molecule has 21 heavy (non-hydrogen) atoms. The zero-order valence-electron chi connectivity index (χ0n) is 11.6. The van der Waals surface area contributed by atoms with Gasteiger partial charge in [-0.05, 0) is 19.1 Å². The number of carboxylic acid groups (broad SMARTS) is 1. The first-order valence-corrected chi connectivity index (χ1v) is 6.35. The third kappa shape index (κ3) is 5.48. The molecule has 0 saturated heterocycles. The normalized spacial score (nSPS) is 10.3. The van der Waals surface area contributed by atoms with Gasteiger partial charge in [0.05, 0.1) is 24.3 Å². The highest BCUT2D eigenvalue weighted by Crippen LogP contribution is 2.10. The third-order valence-electron chi connectivity index (χ3n) is 2.45. The quantitative estimate of drug-likeness (QED) is 0.470.